The van der Waals surface area contributed by atoms with Crippen LogP contribution in [0.3, 0.4) is 0 Å². The Morgan fingerprint density at radius 1 is 0.833 bits per heavy atom. The molecule has 0 aliphatic carbocycles. The number of hydrogen-bond donors (Lipinski definition) is 3. The third-order valence-electron chi connectivity index (χ3n) is 4.62. The fourth-order valence-corrected chi connectivity index (χ4v) is 2.94. The number of amides is 1. The molecule has 0 heterocycles. The summed E-state index contributed by atoms with van der Waals surface area (Å²) in [5, 5.41) is 22.3. The Labute approximate surface area is 149 Å². The van der Waals surface area contributed by atoms with Crippen LogP contribution in [0.4, 0.5) is 0 Å². The molecule has 0 spiro atoms. The lowest BCUT2D eigenvalue weighted by atomic mass is 10.0. The van der Waals surface area contributed by atoms with Crippen LogP contribution in [0.15, 0.2) is 0 Å². The first kappa shape index (κ1) is 23.4. The summed E-state index contributed by atoms with van der Waals surface area (Å²) >= 11 is 0. The summed E-state index contributed by atoms with van der Waals surface area (Å²) in [5.41, 5.74) is 0. The largest absolute Gasteiger partial charge is 0.394 e. The predicted molar refractivity (Wildman–Crippen MR) is 101 cm³/mol. The zero-order chi connectivity index (χ0) is 18.0. The number of hydrogen-bond acceptors (Lipinski definition) is 3. The van der Waals surface area contributed by atoms with Gasteiger partial charge in [0.25, 0.3) is 0 Å². The second-order valence-electron chi connectivity index (χ2n) is 7.00. The summed E-state index contributed by atoms with van der Waals surface area (Å²) < 4.78 is 0. The predicted octanol–water partition coefficient (Wildman–Crippen LogP) is 4.33. The molecule has 144 valence electrons. The average Bonchev–Trinajstić information content (AvgIpc) is 2.58. The van der Waals surface area contributed by atoms with E-state index in [9.17, 15) is 15.0 Å². The lowest BCUT2D eigenvalue weighted by Gasteiger charge is -2.22. The Kier molecular flexibility index (Phi) is 16.8. The first-order chi connectivity index (χ1) is 11.7. The summed E-state index contributed by atoms with van der Waals surface area (Å²) in [6.45, 7) is 4.17. The van der Waals surface area contributed by atoms with Gasteiger partial charge in [-0.25, -0.2) is 0 Å². The van der Waals surface area contributed by atoms with Gasteiger partial charge in [0.2, 0.25) is 5.91 Å². The van der Waals surface area contributed by atoms with Crippen molar-refractivity contribution in [1.29, 1.82) is 0 Å². The van der Waals surface area contributed by atoms with Gasteiger partial charge in [-0.2, -0.15) is 0 Å². The lowest BCUT2D eigenvalue weighted by Crippen LogP contribution is -2.45. The second kappa shape index (κ2) is 17.2. The molecule has 0 bridgehead atoms. The molecule has 0 aliphatic heterocycles. The Morgan fingerprint density at radius 2 is 1.33 bits per heavy atom. The van der Waals surface area contributed by atoms with Crippen LogP contribution < -0.4 is 5.32 Å². The highest BCUT2D eigenvalue weighted by molar-refractivity contribution is 5.76. The van der Waals surface area contributed by atoms with E-state index in [1.54, 1.807) is 0 Å². The van der Waals surface area contributed by atoms with Crippen LogP contribution in [0.5, 0.6) is 0 Å². The summed E-state index contributed by atoms with van der Waals surface area (Å²) in [7, 11) is 0. The molecule has 0 fully saturated rings. The van der Waals surface area contributed by atoms with Crippen molar-refractivity contribution >= 4 is 5.91 Å². The van der Waals surface area contributed by atoms with Gasteiger partial charge < -0.3 is 15.5 Å². The third kappa shape index (κ3) is 13.8. The zero-order valence-corrected chi connectivity index (χ0v) is 16.1. The van der Waals surface area contributed by atoms with Crippen LogP contribution in [-0.2, 0) is 4.79 Å². The van der Waals surface area contributed by atoms with E-state index in [1.807, 2.05) is 0 Å². The highest BCUT2D eigenvalue weighted by Gasteiger charge is 2.19. The molecule has 2 unspecified atom stereocenters. The number of rotatable bonds is 17. The van der Waals surface area contributed by atoms with E-state index in [0.717, 1.165) is 38.5 Å². The molecular formula is C20H41NO3. The number of nitrogens with one attached hydrogen (secondary N) is 1. The maximum Gasteiger partial charge on any atom is 0.220 e. The van der Waals surface area contributed by atoms with Crippen molar-refractivity contribution < 1.29 is 15.0 Å². The summed E-state index contributed by atoms with van der Waals surface area (Å²) in [5.74, 6) is -0.0554. The number of aliphatic hydroxyl groups excluding tert-OH is 2. The fraction of sp³-hybridized carbons (Fsp3) is 0.950. The molecular weight excluding hydrogens is 302 g/mol. The molecule has 0 aromatic rings. The molecule has 0 saturated carbocycles. The van der Waals surface area contributed by atoms with Gasteiger partial charge in [0.1, 0.15) is 0 Å². The minimum absolute atomic E-state index is 0.0554. The maximum absolute atomic E-state index is 11.8. The van der Waals surface area contributed by atoms with Gasteiger partial charge in [-0.15, -0.1) is 0 Å². The standard InChI is InChI=1S/C20H41NO3/c1-3-5-7-9-10-11-12-13-15-19(23)18(17-22)21-20(24)16-14-8-6-4-2/h18-19,22-23H,3-17H2,1-2H3,(H,21,24). The van der Waals surface area contributed by atoms with Crippen molar-refractivity contribution in [1.82, 2.24) is 5.32 Å². The summed E-state index contributed by atoms with van der Waals surface area (Å²) in [6.07, 6.45) is 14.5. The fourth-order valence-electron chi connectivity index (χ4n) is 2.94. The van der Waals surface area contributed by atoms with Gasteiger partial charge in [-0.05, 0) is 12.8 Å². The van der Waals surface area contributed by atoms with Crippen molar-refractivity contribution in [3.05, 3.63) is 0 Å². The quantitative estimate of drug-likeness (QED) is 0.344. The third-order valence-corrected chi connectivity index (χ3v) is 4.62. The summed E-state index contributed by atoms with van der Waals surface area (Å²) in [6, 6.07) is -0.520. The highest BCUT2D eigenvalue weighted by Crippen LogP contribution is 2.12. The molecule has 0 aliphatic rings. The monoisotopic (exact) mass is 343 g/mol. The van der Waals surface area contributed by atoms with Gasteiger partial charge >= 0.3 is 0 Å². The lowest BCUT2D eigenvalue weighted by molar-refractivity contribution is -0.123. The molecule has 0 aromatic carbocycles. The molecule has 4 nitrogen and oxygen atoms in total. The van der Waals surface area contributed by atoms with Gasteiger partial charge in [0.15, 0.2) is 0 Å². The topological polar surface area (TPSA) is 69.6 Å². The van der Waals surface area contributed by atoms with E-state index in [1.165, 1.54) is 38.5 Å². The van der Waals surface area contributed by atoms with Gasteiger partial charge in [-0.3, -0.25) is 4.79 Å². The van der Waals surface area contributed by atoms with E-state index >= 15 is 0 Å². The van der Waals surface area contributed by atoms with Crippen molar-refractivity contribution in [2.45, 2.75) is 116 Å². The number of aliphatic hydroxyl groups is 2. The van der Waals surface area contributed by atoms with Crippen molar-refractivity contribution in [2.24, 2.45) is 0 Å². The molecule has 3 N–H and O–H groups in total. The van der Waals surface area contributed by atoms with E-state index in [-0.39, 0.29) is 12.5 Å². The van der Waals surface area contributed by atoms with Crippen molar-refractivity contribution in [3.63, 3.8) is 0 Å². The molecule has 4 heteroatoms. The van der Waals surface area contributed by atoms with Crippen LogP contribution in [0.2, 0.25) is 0 Å². The molecule has 2 atom stereocenters. The SMILES string of the molecule is CCCCCCCCCCC(O)C(CO)NC(=O)CCCCCC. The van der Waals surface area contributed by atoms with E-state index in [4.69, 9.17) is 0 Å². The van der Waals surface area contributed by atoms with Gasteiger partial charge in [-0.1, -0.05) is 84.5 Å². The van der Waals surface area contributed by atoms with E-state index in [0.29, 0.717) is 12.8 Å². The van der Waals surface area contributed by atoms with E-state index in [2.05, 4.69) is 19.2 Å². The van der Waals surface area contributed by atoms with Crippen molar-refractivity contribution in [3.8, 4) is 0 Å². The molecule has 24 heavy (non-hydrogen) atoms. The van der Waals surface area contributed by atoms with Crippen molar-refractivity contribution in [2.75, 3.05) is 6.61 Å². The molecule has 0 saturated heterocycles. The second-order valence-corrected chi connectivity index (χ2v) is 7.00. The Bertz CT molecular complexity index is 284. The van der Waals surface area contributed by atoms with Gasteiger partial charge in [0.05, 0.1) is 18.8 Å². The van der Waals surface area contributed by atoms with Gasteiger partial charge in [0, 0.05) is 6.42 Å². The van der Waals surface area contributed by atoms with Crippen LogP contribution in [0.1, 0.15) is 104 Å². The van der Waals surface area contributed by atoms with Crippen LogP contribution >= 0.6 is 0 Å². The first-order valence-electron chi connectivity index (χ1n) is 10.2. The maximum atomic E-state index is 11.8. The molecule has 0 radical (unpaired) electrons. The van der Waals surface area contributed by atoms with Crippen LogP contribution in [0.25, 0.3) is 0 Å². The minimum Gasteiger partial charge on any atom is -0.394 e. The first-order valence-corrected chi connectivity index (χ1v) is 10.2. The van der Waals surface area contributed by atoms with Crippen LogP contribution in [0, 0.1) is 0 Å². The minimum atomic E-state index is -0.644. The normalized spacial score (nSPS) is 13.7. The Morgan fingerprint density at radius 3 is 1.88 bits per heavy atom. The molecule has 0 rings (SSSR count). The summed E-state index contributed by atoms with van der Waals surface area (Å²) in [4.78, 5) is 11.8. The highest BCUT2D eigenvalue weighted by atomic mass is 16.3. The molecule has 1 amide bonds. The Balaban J connectivity index is 3.72. The number of carbonyl (C=O) groups is 1. The number of carbonyl (C=O) groups excluding carboxylic acids is 1. The Hall–Kier alpha value is -0.610. The number of unbranched alkanes of at least 4 members (excludes halogenated alkanes) is 10. The zero-order valence-electron chi connectivity index (χ0n) is 16.1. The smallest absolute Gasteiger partial charge is 0.220 e. The van der Waals surface area contributed by atoms with Crippen LogP contribution in [-0.4, -0.2) is 34.9 Å². The molecule has 0 aromatic heterocycles. The average molecular weight is 344 g/mol. The van der Waals surface area contributed by atoms with E-state index < -0.39 is 12.1 Å².